The Morgan fingerprint density at radius 3 is 1.36 bits per heavy atom. The Bertz CT molecular complexity index is 864. The molecule has 2 N–H and O–H groups in total. The van der Waals surface area contributed by atoms with Crippen LogP contribution in [0.5, 0.6) is 0 Å². The van der Waals surface area contributed by atoms with E-state index in [0.29, 0.717) is 26.3 Å². The SMILES string of the molecule is C[N+]1(C)CCOC(O)(c2ccc(CCCc3ccc(C4(O)C[N+](C)(C)CCO4)cc3)cc2)C1. The minimum Gasteiger partial charge on any atom is -0.357 e. The minimum absolute atomic E-state index is 0.555. The van der Waals surface area contributed by atoms with Gasteiger partial charge >= 0.3 is 0 Å². The molecule has 4 rings (SSSR count). The summed E-state index contributed by atoms with van der Waals surface area (Å²) in [5.74, 6) is -2.41. The van der Waals surface area contributed by atoms with Crippen LogP contribution < -0.4 is 0 Å². The van der Waals surface area contributed by atoms with Crippen molar-refractivity contribution in [2.75, 3.05) is 67.6 Å². The molecule has 2 aliphatic rings. The lowest BCUT2D eigenvalue weighted by Crippen LogP contribution is -2.57. The van der Waals surface area contributed by atoms with Gasteiger partial charge in [-0.2, -0.15) is 0 Å². The molecule has 2 atom stereocenters. The van der Waals surface area contributed by atoms with Gasteiger partial charge in [-0.3, -0.25) is 0 Å². The van der Waals surface area contributed by atoms with E-state index in [4.69, 9.17) is 9.47 Å². The van der Waals surface area contributed by atoms with E-state index in [1.165, 1.54) is 11.1 Å². The highest BCUT2D eigenvalue weighted by atomic mass is 16.6. The molecule has 2 unspecified atom stereocenters. The molecule has 2 aliphatic heterocycles. The van der Waals surface area contributed by atoms with Crippen LogP contribution in [0.2, 0.25) is 0 Å². The van der Waals surface area contributed by atoms with Crippen LogP contribution in [-0.4, -0.2) is 86.8 Å². The summed E-state index contributed by atoms with van der Waals surface area (Å²) in [6.45, 7) is 4.04. The van der Waals surface area contributed by atoms with E-state index in [9.17, 15) is 10.2 Å². The molecule has 0 bridgehead atoms. The molecule has 0 aromatic heterocycles. The lowest BCUT2D eigenvalue weighted by molar-refractivity contribution is -0.912. The van der Waals surface area contributed by atoms with E-state index in [1.807, 2.05) is 24.3 Å². The summed E-state index contributed by atoms with van der Waals surface area (Å²) >= 11 is 0. The molecular formula is C27H40N2O4+2. The zero-order valence-electron chi connectivity index (χ0n) is 20.6. The highest BCUT2D eigenvalue weighted by molar-refractivity contribution is 5.28. The summed E-state index contributed by atoms with van der Waals surface area (Å²) in [6.07, 6.45) is 2.98. The van der Waals surface area contributed by atoms with Crippen molar-refractivity contribution in [1.82, 2.24) is 0 Å². The van der Waals surface area contributed by atoms with Crippen LogP contribution in [-0.2, 0) is 33.9 Å². The third-order valence-corrected chi connectivity index (χ3v) is 7.10. The Kier molecular flexibility index (Phi) is 6.71. The Balaban J connectivity index is 1.31. The van der Waals surface area contributed by atoms with Crippen molar-refractivity contribution in [3.8, 4) is 0 Å². The summed E-state index contributed by atoms with van der Waals surface area (Å²) in [5.41, 5.74) is 4.18. The number of aryl methyl sites for hydroxylation is 2. The largest absolute Gasteiger partial charge is 0.357 e. The molecule has 0 saturated carbocycles. The van der Waals surface area contributed by atoms with Gasteiger partial charge in [-0.1, -0.05) is 48.5 Å². The monoisotopic (exact) mass is 456 g/mol. The second-order valence-corrected chi connectivity index (χ2v) is 11.1. The maximum absolute atomic E-state index is 11.0. The molecular weight excluding hydrogens is 416 g/mol. The van der Waals surface area contributed by atoms with Gasteiger partial charge in [0.2, 0.25) is 11.6 Å². The highest BCUT2D eigenvalue weighted by Gasteiger charge is 2.43. The first-order valence-electron chi connectivity index (χ1n) is 12.0. The first-order chi connectivity index (χ1) is 15.5. The molecule has 0 radical (unpaired) electrons. The number of likely N-dealkylation sites (N-methyl/N-ethyl adjacent to an activating group) is 2. The van der Waals surface area contributed by atoms with Crippen molar-refractivity contribution in [2.24, 2.45) is 0 Å². The van der Waals surface area contributed by atoms with E-state index < -0.39 is 11.6 Å². The van der Waals surface area contributed by atoms with Crippen LogP contribution in [0.3, 0.4) is 0 Å². The van der Waals surface area contributed by atoms with Crippen LogP contribution in [0, 0.1) is 0 Å². The molecule has 2 saturated heterocycles. The van der Waals surface area contributed by atoms with Crippen LogP contribution in [0.15, 0.2) is 48.5 Å². The average Bonchev–Trinajstić information content (AvgIpc) is 2.73. The van der Waals surface area contributed by atoms with E-state index in [-0.39, 0.29) is 0 Å². The lowest BCUT2D eigenvalue weighted by atomic mass is 9.97. The van der Waals surface area contributed by atoms with Crippen molar-refractivity contribution >= 4 is 0 Å². The van der Waals surface area contributed by atoms with Gasteiger partial charge in [-0.25, -0.2) is 0 Å². The molecule has 180 valence electrons. The molecule has 33 heavy (non-hydrogen) atoms. The fraction of sp³-hybridized carbons (Fsp3) is 0.556. The number of ether oxygens (including phenoxy) is 2. The molecule has 0 spiro atoms. The van der Waals surface area contributed by atoms with Crippen molar-refractivity contribution in [1.29, 1.82) is 0 Å². The maximum Gasteiger partial charge on any atom is 0.243 e. The Hall–Kier alpha value is -1.80. The molecule has 6 nitrogen and oxygen atoms in total. The molecule has 2 aromatic rings. The third-order valence-electron chi connectivity index (χ3n) is 7.10. The third kappa shape index (κ3) is 5.83. The van der Waals surface area contributed by atoms with E-state index in [1.54, 1.807) is 0 Å². The van der Waals surface area contributed by atoms with Crippen LogP contribution in [0.1, 0.15) is 28.7 Å². The smallest absolute Gasteiger partial charge is 0.243 e. The van der Waals surface area contributed by atoms with Gasteiger partial charge in [-0.05, 0) is 30.4 Å². The van der Waals surface area contributed by atoms with Crippen LogP contribution in [0.25, 0.3) is 0 Å². The van der Waals surface area contributed by atoms with Crippen molar-refractivity contribution in [3.63, 3.8) is 0 Å². The molecule has 6 heteroatoms. The summed E-state index contributed by atoms with van der Waals surface area (Å²) in [7, 11) is 8.49. The van der Waals surface area contributed by atoms with Crippen molar-refractivity contribution < 1.29 is 28.7 Å². The summed E-state index contributed by atoms with van der Waals surface area (Å²) in [4.78, 5) is 0. The standard InChI is InChI=1S/C27H40N2O4/c1-28(2)16-18-32-26(30,20-28)24-12-8-22(9-13-24)6-5-7-23-10-14-25(15-11-23)27(31)21-29(3,4)17-19-33-27/h8-15,30-31H,5-7,16-21H2,1-4H3/q+2. The molecule has 2 aromatic carbocycles. The fourth-order valence-electron chi connectivity index (χ4n) is 5.04. The van der Waals surface area contributed by atoms with Crippen molar-refractivity contribution in [2.45, 2.75) is 30.8 Å². The average molecular weight is 457 g/mol. The zero-order valence-corrected chi connectivity index (χ0v) is 20.6. The number of aliphatic hydroxyl groups is 2. The number of nitrogens with zero attached hydrogens (tertiary/aromatic N) is 2. The molecule has 0 aliphatic carbocycles. The molecule has 0 amide bonds. The van der Waals surface area contributed by atoms with Crippen LogP contribution >= 0.6 is 0 Å². The summed E-state index contributed by atoms with van der Waals surface area (Å²) < 4.78 is 13.0. The minimum atomic E-state index is -1.21. The quantitative estimate of drug-likeness (QED) is 0.656. The summed E-state index contributed by atoms with van der Waals surface area (Å²) in [5, 5.41) is 22.0. The van der Waals surface area contributed by atoms with Gasteiger partial charge in [0, 0.05) is 11.1 Å². The van der Waals surface area contributed by atoms with Gasteiger partial charge in [0.15, 0.2) is 0 Å². The van der Waals surface area contributed by atoms with Gasteiger partial charge in [0.1, 0.15) is 26.2 Å². The second kappa shape index (κ2) is 9.10. The Morgan fingerprint density at radius 1 is 0.667 bits per heavy atom. The zero-order chi connectivity index (χ0) is 23.7. The van der Waals surface area contributed by atoms with Gasteiger partial charge in [0.25, 0.3) is 0 Å². The van der Waals surface area contributed by atoms with E-state index in [2.05, 4.69) is 52.5 Å². The normalized spacial score (nSPS) is 29.0. The van der Waals surface area contributed by atoms with Crippen molar-refractivity contribution in [3.05, 3.63) is 70.8 Å². The number of quaternary nitrogens is 2. The van der Waals surface area contributed by atoms with Gasteiger partial charge < -0.3 is 28.7 Å². The number of hydrogen-bond acceptors (Lipinski definition) is 4. The van der Waals surface area contributed by atoms with E-state index in [0.717, 1.165) is 52.4 Å². The van der Waals surface area contributed by atoms with Gasteiger partial charge in [-0.15, -0.1) is 0 Å². The first-order valence-corrected chi connectivity index (χ1v) is 12.0. The Morgan fingerprint density at radius 2 is 1.03 bits per heavy atom. The number of benzene rings is 2. The predicted molar refractivity (Wildman–Crippen MR) is 128 cm³/mol. The first kappa shape index (κ1) is 24.3. The lowest BCUT2D eigenvalue weighted by Gasteiger charge is -2.42. The molecule has 2 heterocycles. The highest BCUT2D eigenvalue weighted by Crippen LogP contribution is 2.31. The Labute approximate surface area is 198 Å². The van der Waals surface area contributed by atoms with Crippen LogP contribution in [0.4, 0.5) is 0 Å². The topological polar surface area (TPSA) is 58.9 Å². The number of hydrogen-bond donors (Lipinski definition) is 2. The molecule has 2 fully saturated rings. The van der Waals surface area contributed by atoms with E-state index >= 15 is 0 Å². The number of morpholine rings is 2. The maximum atomic E-state index is 11.0. The predicted octanol–water partition coefficient (Wildman–Crippen LogP) is 2.37. The van der Waals surface area contributed by atoms with Gasteiger partial charge in [0.05, 0.1) is 41.4 Å². The number of rotatable bonds is 6. The summed E-state index contributed by atoms with van der Waals surface area (Å²) in [6, 6.07) is 16.4. The fourth-order valence-corrected chi connectivity index (χ4v) is 5.04. The second-order valence-electron chi connectivity index (χ2n) is 11.1.